The maximum Gasteiger partial charge on any atom is 0.330 e. The fourth-order valence-electron chi connectivity index (χ4n) is 12.7. The highest BCUT2D eigenvalue weighted by Crippen LogP contribution is 2.49. The van der Waals surface area contributed by atoms with Crippen LogP contribution in [0.2, 0.25) is 10.0 Å². The van der Waals surface area contributed by atoms with Gasteiger partial charge >= 0.3 is 5.97 Å². The zero-order valence-electron chi connectivity index (χ0n) is 55.0. The van der Waals surface area contributed by atoms with Gasteiger partial charge in [-0.15, -0.1) is 0 Å². The number of benzene rings is 5. The molecule has 0 aliphatic carbocycles. The van der Waals surface area contributed by atoms with Crippen molar-refractivity contribution >= 4 is 70.5 Å². The summed E-state index contributed by atoms with van der Waals surface area (Å²) in [5.41, 5.74) is 8.45. The Balaban J connectivity index is 1.22. The molecule has 102 heavy (non-hydrogen) atoms. The third-order valence-corrected chi connectivity index (χ3v) is 18.6. The first-order valence-corrected chi connectivity index (χ1v) is 32.9. The summed E-state index contributed by atoms with van der Waals surface area (Å²) in [6.07, 6.45) is -19.1. The van der Waals surface area contributed by atoms with Crippen molar-refractivity contribution in [1.82, 2.24) is 37.2 Å². The number of nitrogens with two attached hydrogens (primary N) is 2. The molecule has 12 bridgehead atoms. The molecule has 5 aromatic carbocycles. The molecule has 0 spiro atoms. The highest BCUT2D eigenvalue weighted by molar-refractivity contribution is 6.32. The Kier molecular flexibility index (Phi) is 22.8. The Morgan fingerprint density at radius 3 is 1.96 bits per heavy atom. The van der Waals surface area contributed by atoms with Crippen molar-refractivity contribution < 1.29 is 118 Å². The number of phenols is 3. The molecule has 7 aliphatic heterocycles. The monoisotopic (exact) mass is 1460 g/mol. The van der Waals surface area contributed by atoms with Crippen LogP contribution in [0.1, 0.15) is 99.1 Å². The topological polar surface area (TPSA) is 530 Å². The van der Waals surface area contributed by atoms with Gasteiger partial charge in [-0.2, -0.15) is 0 Å². The second-order valence-corrected chi connectivity index (χ2v) is 26.9. The third kappa shape index (κ3) is 16.2. The van der Waals surface area contributed by atoms with Gasteiger partial charge in [0.2, 0.25) is 53.4 Å². The molecule has 21 N–H and O–H groups in total. The molecule has 0 radical (unpaired) electrons. The van der Waals surface area contributed by atoms with Crippen LogP contribution < -0.4 is 62.9 Å². The molecular formula is C67H77Cl2N9O24. The molecule has 7 heterocycles. The molecule has 33 nitrogen and oxygen atoms in total. The first kappa shape index (κ1) is 75.5. The smallest absolute Gasteiger partial charge is 0.330 e. The van der Waals surface area contributed by atoms with Crippen LogP contribution in [-0.2, 0) is 59.0 Å². The van der Waals surface area contributed by atoms with Gasteiger partial charge < -0.3 is 128 Å². The Morgan fingerprint density at radius 1 is 0.735 bits per heavy atom. The lowest BCUT2D eigenvalue weighted by atomic mass is 9.86. The lowest BCUT2D eigenvalue weighted by molar-refractivity contribution is -0.333. The van der Waals surface area contributed by atoms with Crippen molar-refractivity contribution in [1.29, 1.82) is 0 Å². The van der Waals surface area contributed by atoms with Gasteiger partial charge in [0.15, 0.2) is 29.9 Å². The fraction of sp³-hybridized carbons (Fsp3) is 0.433. The predicted octanol–water partition coefficient (Wildman–Crippen LogP) is -0.0238. The number of hydrogen-bond donors (Lipinski definition) is 19. The van der Waals surface area contributed by atoms with Gasteiger partial charge in [-0.05, 0) is 110 Å². The number of aliphatic carboxylic acids is 1. The van der Waals surface area contributed by atoms with E-state index in [1.165, 1.54) is 45.2 Å². The molecule has 18 atom stereocenters. The second-order valence-electron chi connectivity index (χ2n) is 26.1. The number of phenolic OH excluding ortho intramolecular Hbond substituents is 3. The van der Waals surface area contributed by atoms with Crippen LogP contribution in [0, 0.1) is 5.92 Å². The highest BCUT2D eigenvalue weighted by Gasteiger charge is 2.51. The molecule has 0 aromatic heterocycles. The van der Waals surface area contributed by atoms with Crippen LogP contribution in [0.3, 0.4) is 0 Å². The van der Waals surface area contributed by atoms with Gasteiger partial charge in [-0.3, -0.25) is 33.6 Å². The van der Waals surface area contributed by atoms with Gasteiger partial charge in [-0.25, -0.2) is 4.79 Å². The van der Waals surface area contributed by atoms with Crippen LogP contribution >= 0.6 is 23.2 Å². The maximum atomic E-state index is 15.8. The minimum atomic E-state index is -2.29. The van der Waals surface area contributed by atoms with Crippen LogP contribution in [0.25, 0.3) is 11.1 Å². The number of primary amides is 1. The summed E-state index contributed by atoms with van der Waals surface area (Å²) >= 11 is 14.1. The van der Waals surface area contributed by atoms with E-state index in [0.717, 1.165) is 54.6 Å². The lowest BCUT2D eigenvalue weighted by Crippen LogP contribution is -2.64. The van der Waals surface area contributed by atoms with Crippen LogP contribution in [0.5, 0.6) is 46.0 Å². The summed E-state index contributed by atoms with van der Waals surface area (Å²) in [4.78, 5) is 116. The molecule has 548 valence electrons. The van der Waals surface area contributed by atoms with E-state index >= 15 is 14.4 Å². The van der Waals surface area contributed by atoms with E-state index in [1.807, 2.05) is 13.8 Å². The Hall–Kier alpha value is -9.20. The number of amides is 7. The molecule has 7 amide bonds. The van der Waals surface area contributed by atoms with E-state index < -0.39 is 232 Å². The van der Waals surface area contributed by atoms with Gasteiger partial charge in [0.1, 0.15) is 89.5 Å². The Bertz CT molecular complexity index is 4090. The van der Waals surface area contributed by atoms with Crippen molar-refractivity contribution in [2.75, 3.05) is 13.7 Å². The van der Waals surface area contributed by atoms with Crippen molar-refractivity contribution in [2.24, 2.45) is 17.4 Å². The number of aromatic hydroxyl groups is 3. The lowest BCUT2D eigenvalue weighted by Gasteiger charge is -2.47. The Labute approximate surface area is 590 Å². The molecule has 2 saturated heterocycles. The van der Waals surface area contributed by atoms with Crippen molar-refractivity contribution in [3.63, 3.8) is 0 Å². The molecule has 35 heteroatoms. The number of aliphatic hydroxyl groups excluding tert-OH is 6. The van der Waals surface area contributed by atoms with Crippen LogP contribution in [-0.4, -0.2) is 197 Å². The largest absolute Gasteiger partial charge is 0.508 e. The minimum absolute atomic E-state index is 0.0978. The number of rotatable bonds is 13. The minimum Gasteiger partial charge on any atom is -0.508 e. The number of carboxylic acids is 1. The summed E-state index contributed by atoms with van der Waals surface area (Å²) < 4.78 is 38.4. The summed E-state index contributed by atoms with van der Waals surface area (Å²) in [5, 5.41) is 131. The average Bonchev–Trinajstić information content (AvgIpc) is 0.838. The zero-order valence-corrected chi connectivity index (χ0v) is 56.5. The summed E-state index contributed by atoms with van der Waals surface area (Å²) in [7, 11) is 1.47. The Morgan fingerprint density at radius 2 is 1.37 bits per heavy atom. The first-order chi connectivity index (χ1) is 48.1. The zero-order chi connectivity index (χ0) is 74.2. The molecule has 7 aliphatic rings. The number of carboxylic acid groups (broad SMARTS) is 1. The van der Waals surface area contributed by atoms with Gasteiger partial charge in [0.05, 0.1) is 41.3 Å². The number of hydrogen-bond acceptors (Lipinski definition) is 25. The summed E-state index contributed by atoms with van der Waals surface area (Å²) in [6.45, 7) is 5.71. The molecule has 9 unspecified atom stereocenters. The summed E-state index contributed by atoms with van der Waals surface area (Å²) in [5.74, 6) is -15.3. The molecule has 2 fully saturated rings. The second kappa shape index (κ2) is 30.8. The standard InChI is InChI=1S/C67H77Cl2N9O24/c1-24(2)12-35(72-5)59(89)77-50-52(84)28-7-10-40(33(68)17-28)98-42-14-26-13-36(73-60(90)37(21-45(70)83)74-63(50)93)61(91)75-48-27-6-9-38(81)31(16-27)47-32(19-30(80)20-39(47)82)49(65(95)96)76-64(94)51(78-62(48)92)53(85)29-8-11-41(34(69)18-29)99-43(15-26)56(42)102-66-57(55(87)54(86)44(23-79)100-66)101-46-22-67(4,71)58(88)25(3)97-46/h6-11,14-20,24-25,35-37,44,46,48-55,57-58,66,72,79-82,84-88H,12-13,21-23,71H2,1-5H3,(H2,70,83)(H,73,90)(H,74,93)(H,75,91)(H,76,94)(H,77,89)(H,78,92)(H,95,96)/t25?,35-,36-,37+,44?,46?,48-,49?,50?,51?,52-,53-,54-,55+,57?,58?,66-,67?/m1/s1. The number of halogens is 2. The maximum absolute atomic E-state index is 15.8. The first-order valence-electron chi connectivity index (χ1n) is 32.1. The third-order valence-electron chi connectivity index (χ3n) is 18.0. The van der Waals surface area contributed by atoms with Gasteiger partial charge in [0.25, 0.3) is 0 Å². The number of fused-ring (bicyclic) bond motifs is 15. The van der Waals surface area contributed by atoms with E-state index in [0.29, 0.717) is 0 Å². The average molecular weight is 1460 g/mol. The number of carbonyl (C=O) groups is 8. The van der Waals surface area contributed by atoms with Crippen molar-refractivity contribution in [3.05, 3.63) is 117 Å². The summed E-state index contributed by atoms with van der Waals surface area (Å²) in [6, 6.07) is 0.241. The van der Waals surface area contributed by atoms with E-state index in [1.54, 1.807) is 0 Å². The SMILES string of the molecule is CN[C@H](CC(C)C)C(=O)NC1C(=O)N[C@@H](CC(N)=O)C(=O)N[C@@H]2Cc3cc(c(O[C@H]4OC(CO)[C@@H](O)[C@H](O)C4OC4CC(C)(N)C(O)C(C)O4)c(c3)Oc3ccc(cc3Cl)[C@@H](O)C3NC(=O)[C@H](NC2=O)c2ccc(O)c(c2)-c2c(O)cc(O)cc2C(C(=O)O)NC3=O)Oc2ccc(cc2Cl)[C@H]1O. The van der Waals surface area contributed by atoms with E-state index in [2.05, 4.69) is 37.2 Å². The van der Waals surface area contributed by atoms with E-state index in [-0.39, 0.29) is 57.5 Å². The fourth-order valence-corrected chi connectivity index (χ4v) is 13.1. The van der Waals surface area contributed by atoms with Gasteiger partial charge in [0, 0.05) is 41.1 Å². The highest BCUT2D eigenvalue weighted by atomic mass is 35.5. The number of ether oxygens (including phenoxy) is 6. The van der Waals surface area contributed by atoms with Crippen LogP contribution in [0.4, 0.5) is 0 Å². The van der Waals surface area contributed by atoms with Crippen molar-refractivity contribution in [2.45, 2.75) is 163 Å². The normalized spacial score (nSPS) is 29.4. The predicted molar refractivity (Wildman–Crippen MR) is 354 cm³/mol. The molecule has 12 rings (SSSR count). The van der Waals surface area contributed by atoms with E-state index in [4.69, 9.17) is 63.1 Å². The number of likely N-dealkylation sites (N-methyl/N-ethyl adjacent to an activating group) is 1. The van der Waals surface area contributed by atoms with Gasteiger partial charge in [-0.1, -0.05) is 55.2 Å². The van der Waals surface area contributed by atoms with Crippen molar-refractivity contribution in [3.8, 4) is 57.1 Å². The number of carbonyl (C=O) groups excluding carboxylic acids is 7. The molecular weight excluding hydrogens is 1390 g/mol. The number of nitrogens with one attached hydrogen (secondary N) is 7. The van der Waals surface area contributed by atoms with E-state index in [9.17, 15) is 75.0 Å². The quantitative estimate of drug-likeness (QED) is 0.0736. The van der Waals surface area contributed by atoms with Crippen LogP contribution in [0.15, 0.2) is 78.9 Å². The molecule has 5 aromatic rings. The molecule has 0 saturated carbocycles. The number of aliphatic hydroxyl groups is 6.